The monoisotopic (exact) mass is 343 g/mol. The second kappa shape index (κ2) is 8.13. The second-order valence-corrected chi connectivity index (χ2v) is 7.99. The van der Waals surface area contributed by atoms with Crippen LogP contribution in [0.1, 0.15) is 75.3 Å². The minimum Gasteiger partial charge on any atom is -0.205 e. The highest BCUT2D eigenvalue weighted by Crippen LogP contribution is 2.38. The summed E-state index contributed by atoms with van der Waals surface area (Å²) in [6.45, 7) is 2.34. The van der Waals surface area contributed by atoms with Crippen LogP contribution >= 0.6 is 0 Å². The van der Waals surface area contributed by atoms with Gasteiger partial charge in [-0.15, -0.1) is 0 Å². The average molecular weight is 343 g/mol. The molecule has 2 aliphatic rings. The highest BCUT2D eigenvalue weighted by Gasteiger charge is 2.24. The molecule has 1 aromatic rings. The summed E-state index contributed by atoms with van der Waals surface area (Å²) in [6, 6.07) is 4.30. The molecule has 0 radical (unpaired) electrons. The van der Waals surface area contributed by atoms with Gasteiger partial charge in [-0.05, 0) is 79.9 Å². The number of benzene rings is 1. The van der Waals surface area contributed by atoms with E-state index in [9.17, 15) is 8.78 Å². The molecule has 2 saturated carbocycles. The Morgan fingerprint density at radius 1 is 0.880 bits per heavy atom. The van der Waals surface area contributed by atoms with Crippen LogP contribution in [0.4, 0.5) is 8.78 Å². The molecular formula is C22H27F2N. The number of hydrogen-bond donors (Lipinski definition) is 0. The predicted molar refractivity (Wildman–Crippen MR) is 96.0 cm³/mol. The fourth-order valence-corrected chi connectivity index (χ4v) is 4.37. The SMILES string of the molecule is C[C@H]1CC[C@H](C=C[C@H]2CC[C@H](c3cc(F)c(C#N)c(F)c3)CC2)CC1. The van der Waals surface area contributed by atoms with Gasteiger partial charge in [-0.25, -0.2) is 8.78 Å². The van der Waals surface area contributed by atoms with E-state index in [4.69, 9.17) is 5.26 Å². The molecule has 25 heavy (non-hydrogen) atoms. The molecule has 1 nitrogen and oxygen atoms in total. The molecule has 134 valence electrons. The Balaban J connectivity index is 1.54. The van der Waals surface area contributed by atoms with Crippen molar-refractivity contribution >= 4 is 0 Å². The Labute approximate surface area is 149 Å². The van der Waals surface area contributed by atoms with Gasteiger partial charge in [0.2, 0.25) is 0 Å². The summed E-state index contributed by atoms with van der Waals surface area (Å²) in [4.78, 5) is 0. The van der Waals surface area contributed by atoms with E-state index < -0.39 is 17.2 Å². The largest absolute Gasteiger partial charge is 0.205 e. The maximum Gasteiger partial charge on any atom is 0.144 e. The topological polar surface area (TPSA) is 23.8 Å². The first-order chi connectivity index (χ1) is 12.1. The van der Waals surface area contributed by atoms with Crippen molar-refractivity contribution in [2.24, 2.45) is 17.8 Å². The zero-order valence-corrected chi connectivity index (χ0v) is 15.0. The predicted octanol–water partition coefficient (Wildman–Crippen LogP) is 6.49. The van der Waals surface area contributed by atoms with E-state index in [-0.39, 0.29) is 5.92 Å². The quantitative estimate of drug-likeness (QED) is 0.575. The lowest BCUT2D eigenvalue weighted by Crippen LogP contribution is -2.14. The van der Waals surface area contributed by atoms with Crippen molar-refractivity contribution in [3.63, 3.8) is 0 Å². The molecule has 0 amide bonds. The molecule has 3 heteroatoms. The Bertz CT molecular complexity index is 634. The molecule has 2 aliphatic carbocycles. The van der Waals surface area contributed by atoms with Crippen LogP contribution in [0, 0.1) is 40.7 Å². The van der Waals surface area contributed by atoms with Gasteiger partial charge in [0.1, 0.15) is 23.3 Å². The summed E-state index contributed by atoms with van der Waals surface area (Å²) in [7, 11) is 0. The molecule has 0 heterocycles. The van der Waals surface area contributed by atoms with Crippen LogP contribution in [0.3, 0.4) is 0 Å². The van der Waals surface area contributed by atoms with E-state index >= 15 is 0 Å². The smallest absolute Gasteiger partial charge is 0.144 e. The zero-order valence-electron chi connectivity index (χ0n) is 15.0. The van der Waals surface area contributed by atoms with Crippen molar-refractivity contribution in [1.82, 2.24) is 0 Å². The molecule has 0 N–H and O–H groups in total. The van der Waals surface area contributed by atoms with Crippen LogP contribution < -0.4 is 0 Å². The third kappa shape index (κ3) is 4.48. The van der Waals surface area contributed by atoms with E-state index in [2.05, 4.69) is 19.1 Å². The summed E-state index contributed by atoms with van der Waals surface area (Å²) in [5, 5.41) is 8.78. The van der Waals surface area contributed by atoms with Crippen molar-refractivity contribution in [3.05, 3.63) is 47.0 Å². The van der Waals surface area contributed by atoms with Crippen LogP contribution in [0.2, 0.25) is 0 Å². The summed E-state index contributed by atoms with van der Waals surface area (Å²) in [5.74, 6) is 0.974. The molecule has 0 aromatic heterocycles. The van der Waals surface area contributed by atoms with Crippen LogP contribution in [0.15, 0.2) is 24.3 Å². The van der Waals surface area contributed by atoms with Gasteiger partial charge >= 0.3 is 0 Å². The van der Waals surface area contributed by atoms with Crippen LogP contribution in [-0.4, -0.2) is 0 Å². The standard InChI is InChI=1S/C22H27F2N/c1-15-2-4-16(5-3-15)6-7-17-8-10-18(11-9-17)19-12-21(23)20(14-25)22(24)13-19/h6-7,12-13,15-18H,2-5,8-11H2,1H3/t15-,16-,17-,18-. The van der Waals surface area contributed by atoms with Crippen LogP contribution in [-0.2, 0) is 0 Å². The molecular weight excluding hydrogens is 316 g/mol. The summed E-state index contributed by atoms with van der Waals surface area (Å²) < 4.78 is 27.6. The number of rotatable bonds is 3. The molecule has 0 saturated heterocycles. The minimum atomic E-state index is -0.731. The highest BCUT2D eigenvalue weighted by atomic mass is 19.1. The Hall–Kier alpha value is -1.69. The summed E-state index contributed by atoms with van der Waals surface area (Å²) in [6.07, 6.45) is 14.2. The highest BCUT2D eigenvalue weighted by molar-refractivity contribution is 5.36. The third-order valence-electron chi connectivity index (χ3n) is 6.14. The maximum atomic E-state index is 13.8. The van der Waals surface area contributed by atoms with Gasteiger partial charge in [0.15, 0.2) is 0 Å². The second-order valence-electron chi connectivity index (χ2n) is 7.99. The summed E-state index contributed by atoms with van der Waals surface area (Å²) >= 11 is 0. The van der Waals surface area contributed by atoms with Gasteiger partial charge in [-0.2, -0.15) is 5.26 Å². The third-order valence-corrected chi connectivity index (χ3v) is 6.14. The van der Waals surface area contributed by atoms with E-state index in [1.54, 1.807) is 6.07 Å². The van der Waals surface area contributed by atoms with Crippen molar-refractivity contribution in [1.29, 1.82) is 5.26 Å². The zero-order chi connectivity index (χ0) is 17.8. The van der Waals surface area contributed by atoms with Crippen molar-refractivity contribution < 1.29 is 8.78 Å². The van der Waals surface area contributed by atoms with Gasteiger partial charge in [0, 0.05) is 0 Å². The van der Waals surface area contributed by atoms with Gasteiger partial charge in [-0.1, -0.05) is 31.9 Å². The molecule has 0 aliphatic heterocycles. The van der Waals surface area contributed by atoms with E-state index in [0.717, 1.165) is 37.5 Å². The lowest BCUT2D eigenvalue weighted by atomic mass is 9.77. The number of halogens is 2. The van der Waals surface area contributed by atoms with Gasteiger partial charge in [0.05, 0.1) is 0 Å². The van der Waals surface area contributed by atoms with E-state index in [1.807, 2.05) is 0 Å². The lowest BCUT2D eigenvalue weighted by molar-refractivity contribution is 0.326. The molecule has 0 bridgehead atoms. The molecule has 2 fully saturated rings. The Morgan fingerprint density at radius 3 is 1.84 bits per heavy atom. The molecule has 0 spiro atoms. The fourth-order valence-electron chi connectivity index (χ4n) is 4.37. The molecule has 3 rings (SSSR count). The average Bonchev–Trinajstić information content (AvgIpc) is 2.61. The van der Waals surface area contributed by atoms with Crippen LogP contribution in [0.25, 0.3) is 0 Å². The normalized spacial score (nSPS) is 30.3. The minimum absolute atomic E-state index is 0.205. The van der Waals surface area contributed by atoms with Crippen LogP contribution in [0.5, 0.6) is 0 Å². The molecule has 0 atom stereocenters. The van der Waals surface area contributed by atoms with E-state index in [1.165, 1.54) is 37.8 Å². The summed E-state index contributed by atoms with van der Waals surface area (Å²) in [5.41, 5.74) is 0.236. The first-order valence-electron chi connectivity index (χ1n) is 9.64. The number of allylic oxidation sites excluding steroid dienone is 2. The Kier molecular flexibility index (Phi) is 5.89. The van der Waals surface area contributed by atoms with Gasteiger partial charge in [-0.3, -0.25) is 0 Å². The lowest BCUT2D eigenvalue weighted by Gasteiger charge is -2.28. The van der Waals surface area contributed by atoms with E-state index in [0.29, 0.717) is 11.5 Å². The van der Waals surface area contributed by atoms with Gasteiger partial charge in [0.25, 0.3) is 0 Å². The van der Waals surface area contributed by atoms with Gasteiger partial charge < -0.3 is 0 Å². The first-order valence-corrected chi connectivity index (χ1v) is 9.64. The van der Waals surface area contributed by atoms with Crippen molar-refractivity contribution in [2.45, 2.75) is 64.2 Å². The fraction of sp³-hybridized carbons (Fsp3) is 0.591. The number of nitrogens with zero attached hydrogens (tertiary/aromatic N) is 1. The maximum absolute atomic E-state index is 13.8. The number of hydrogen-bond acceptors (Lipinski definition) is 1. The first kappa shape index (κ1) is 18.1. The Morgan fingerprint density at radius 2 is 1.36 bits per heavy atom. The number of nitriles is 1. The van der Waals surface area contributed by atoms with Crippen molar-refractivity contribution in [2.75, 3.05) is 0 Å². The molecule has 1 aromatic carbocycles. The molecule has 0 unspecified atom stereocenters. The van der Waals surface area contributed by atoms with Crippen molar-refractivity contribution in [3.8, 4) is 6.07 Å².